The Kier molecular flexibility index (Phi) is 3.34. The van der Waals surface area contributed by atoms with Gasteiger partial charge in [0.1, 0.15) is 5.56 Å². The van der Waals surface area contributed by atoms with Crippen molar-refractivity contribution < 1.29 is 19.1 Å². The molecule has 1 rings (SSSR count). The molecule has 0 aliphatic carbocycles. The fourth-order valence-corrected chi connectivity index (χ4v) is 1.31. The average molecular weight is 224 g/mol. The van der Waals surface area contributed by atoms with Crippen LogP contribution < -0.4 is 16.2 Å². The first-order valence-electron chi connectivity index (χ1n) is 4.37. The molecule has 1 aromatic rings. The van der Waals surface area contributed by atoms with Crippen molar-refractivity contribution in [1.82, 2.24) is 0 Å². The summed E-state index contributed by atoms with van der Waals surface area (Å²) in [5.74, 6) is -1.20. The van der Waals surface area contributed by atoms with E-state index in [0.717, 1.165) is 0 Å². The minimum absolute atomic E-state index is 0.0258. The number of nitrogens with two attached hydrogens (primary N) is 2. The summed E-state index contributed by atoms with van der Waals surface area (Å²) in [4.78, 5) is 22.4. The second-order valence-corrected chi connectivity index (χ2v) is 2.96. The molecule has 0 saturated carbocycles. The van der Waals surface area contributed by atoms with Gasteiger partial charge in [0.15, 0.2) is 5.75 Å². The summed E-state index contributed by atoms with van der Waals surface area (Å²) in [6.45, 7) is 0. The Morgan fingerprint density at radius 1 is 1.19 bits per heavy atom. The smallest absolute Gasteiger partial charge is 0.341 e. The molecule has 0 fully saturated rings. The van der Waals surface area contributed by atoms with E-state index in [4.69, 9.17) is 16.2 Å². The molecule has 0 spiro atoms. The Bertz CT molecular complexity index is 443. The summed E-state index contributed by atoms with van der Waals surface area (Å²) in [6, 6.07) is 2.73. The first-order valence-corrected chi connectivity index (χ1v) is 4.37. The molecule has 1 aromatic carbocycles. The predicted octanol–water partition coefficient (Wildman–Crippen LogP) is 0.163. The van der Waals surface area contributed by atoms with E-state index in [9.17, 15) is 9.59 Å². The molecule has 0 saturated heterocycles. The first kappa shape index (κ1) is 11.8. The lowest BCUT2D eigenvalue weighted by molar-refractivity contribution is 0.0597. The maximum absolute atomic E-state index is 11.4. The summed E-state index contributed by atoms with van der Waals surface area (Å²) in [6.07, 6.45) is 0. The van der Waals surface area contributed by atoms with Gasteiger partial charge >= 0.3 is 5.97 Å². The topological polar surface area (TPSA) is 105 Å². The molecule has 6 nitrogen and oxygen atoms in total. The first-order chi connectivity index (χ1) is 7.52. The summed E-state index contributed by atoms with van der Waals surface area (Å²) in [5.41, 5.74) is 11.0. The maximum Gasteiger partial charge on any atom is 0.341 e. The molecule has 0 heterocycles. The number of carbonyl (C=O) groups is 2. The number of esters is 1. The van der Waals surface area contributed by atoms with Gasteiger partial charge in [-0.2, -0.15) is 0 Å². The van der Waals surface area contributed by atoms with Gasteiger partial charge in [0.2, 0.25) is 0 Å². The van der Waals surface area contributed by atoms with Crippen LogP contribution in [0.1, 0.15) is 20.7 Å². The Balaban J connectivity index is 3.40. The van der Waals surface area contributed by atoms with Crippen molar-refractivity contribution in [2.45, 2.75) is 0 Å². The predicted molar refractivity (Wildman–Crippen MR) is 57.3 cm³/mol. The molecule has 0 bridgehead atoms. The Morgan fingerprint density at radius 2 is 1.75 bits per heavy atom. The van der Waals surface area contributed by atoms with Gasteiger partial charge in [-0.05, 0) is 12.1 Å². The molecule has 0 aliphatic heterocycles. The third-order valence-corrected chi connectivity index (χ3v) is 2.07. The average Bonchev–Trinajstić information content (AvgIpc) is 2.26. The fraction of sp³-hybridized carbons (Fsp3) is 0.200. The zero-order valence-corrected chi connectivity index (χ0v) is 8.94. The molecular weight excluding hydrogens is 212 g/mol. The van der Waals surface area contributed by atoms with Crippen molar-refractivity contribution >= 4 is 17.6 Å². The van der Waals surface area contributed by atoms with Crippen molar-refractivity contribution in [2.75, 3.05) is 20.0 Å². The van der Waals surface area contributed by atoms with Gasteiger partial charge in [0, 0.05) is 0 Å². The van der Waals surface area contributed by atoms with E-state index in [1.165, 1.54) is 26.4 Å². The largest absolute Gasteiger partial charge is 0.494 e. The van der Waals surface area contributed by atoms with E-state index in [1.54, 1.807) is 0 Å². The third-order valence-electron chi connectivity index (χ3n) is 2.07. The van der Waals surface area contributed by atoms with E-state index in [2.05, 4.69) is 4.74 Å². The quantitative estimate of drug-likeness (QED) is 0.562. The molecule has 6 heteroatoms. The minimum Gasteiger partial charge on any atom is -0.494 e. The van der Waals surface area contributed by atoms with Gasteiger partial charge in [-0.3, -0.25) is 4.79 Å². The molecule has 86 valence electrons. The number of hydrogen-bond acceptors (Lipinski definition) is 5. The highest BCUT2D eigenvalue weighted by molar-refractivity contribution is 6.03. The van der Waals surface area contributed by atoms with Crippen molar-refractivity contribution in [3.63, 3.8) is 0 Å². The van der Waals surface area contributed by atoms with Gasteiger partial charge in [-0.15, -0.1) is 0 Å². The molecule has 4 N–H and O–H groups in total. The number of rotatable bonds is 3. The number of methoxy groups -OCH3 is 2. The second-order valence-electron chi connectivity index (χ2n) is 2.96. The van der Waals surface area contributed by atoms with Crippen molar-refractivity contribution in [2.24, 2.45) is 5.73 Å². The highest BCUT2D eigenvalue weighted by Gasteiger charge is 2.19. The maximum atomic E-state index is 11.4. The molecule has 0 aromatic heterocycles. The van der Waals surface area contributed by atoms with Crippen molar-refractivity contribution in [3.05, 3.63) is 23.3 Å². The molecular formula is C10H12N2O4. The normalized spacial score (nSPS) is 9.62. The number of nitrogen functional groups attached to an aromatic ring is 1. The zero-order chi connectivity index (χ0) is 12.3. The molecule has 0 atom stereocenters. The lowest BCUT2D eigenvalue weighted by Gasteiger charge is -2.11. The Hall–Kier alpha value is -2.24. The van der Waals surface area contributed by atoms with Crippen LogP contribution in [0.5, 0.6) is 5.75 Å². The summed E-state index contributed by atoms with van der Waals surface area (Å²) in [5, 5.41) is 0. The summed E-state index contributed by atoms with van der Waals surface area (Å²) < 4.78 is 9.50. The Morgan fingerprint density at radius 3 is 2.19 bits per heavy atom. The molecule has 0 radical (unpaired) electrons. The fourth-order valence-electron chi connectivity index (χ4n) is 1.31. The molecule has 1 amide bonds. The van der Waals surface area contributed by atoms with Crippen molar-refractivity contribution in [1.29, 1.82) is 0 Å². The van der Waals surface area contributed by atoms with Crippen LogP contribution in [-0.2, 0) is 4.74 Å². The third kappa shape index (κ3) is 1.90. The van der Waals surface area contributed by atoms with Crippen LogP contribution in [0.4, 0.5) is 5.69 Å². The minimum atomic E-state index is -0.688. The van der Waals surface area contributed by atoms with Gasteiger partial charge in [-0.1, -0.05) is 0 Å². The van der Waals surface area contributed by atoms with Gasteiger partial charge in [-0.25, -0.2) is 4.79 Å². The van der Waals surface area contributed by atoms with Gasteiger partial charge < -0.3 is 20.9 Å². The lowest BCUT2D eigenvalue weighted by atomic mass is 10.1. The molecule has 16 heavy (non-hydrogen) atoms. The number of anilines is 1. The van der Waals surface area contributed by atoms with Crippen LogP contribution >= 0.6 is 0 Å². The zero-order valence-electron chi connectivity index (χ0n) is 8.94. The number of benzene rings is 1. The second kappa shape index (κ2) is 4.52. The number of primary amides is 1. The van der Waals surface area contributed by atoms with E-state index >= 15 is 0 Å². The number of amides is 1. The van der Waals surface area contributed by atoms with Crippen LogP contribution in [0.15, 0.2) is 12.1 Å². The standard InChI is InChI=1S/C10H12N2O4/c1-15-8-6(10(14)16-2)4-3-5(7(8)11)9(12)13/h3-4H,11H2,1-2H3,(H2,12,13). The Labute approximate surface area is 92.1 Å². The highest BCUT2D eigenvalue weighted by atomic mass is 16.5. The van der Waals surface area contributed by atoms with Crippen LogP contribution in [0.2, 0.25) is 0 Å². The van der Waals surface area contributed by atoms with E-state index in [1.807, 2.05) is 0 Å². The van der Waals surface area contributed by atoms with E-state index in [-0.39, 0.29) is 22.6 Å². The number of hydrogen-bond donors (Lipinski definition) is 2. The van der Waals surface area contributed by atoms with Gasteiger partial charge in [0.05, 0.1) is 25.5 Å². The summed E-state index contributed by atoms with van der Waals surface area (Å²) in [7, 11) is 2.57. The SMILES string of the molecule is COC(=O)c1ccc(C(N)=O)c(N)c1OC. The molecule has 0 aliphatic rings. The summed E-state index contributed by atoms with van der Waals surface area (Å²) >= 11 is 0. The van der Waals surface area contributed by atoms with E-state index in [0.29, 0.717) is 0 Å². The number of ether oxygens (including phenoxy) is 2. The lowest BCUT2D eigenvalue weighted by Crippen LogP contribution is -2.16. The van der Waals surface area contributed by atoms with Crippen LogP contribution in [-0.4, -0.2) is 26.1 Å². The number of carbonyl (C=O) groups excluding carboxylic acids is 2. The highest BCUT2D eigenvalue weighted by Crippen LogP contribution is 2.30. The molecule has 0 unspecified atom stereocenters. The van der Waals surface area contributed by atoms with Crippen LogP contribution in [0.25, 0.3) is 0 Å². The van der Waals surface area contributed by atoms with E-state index < -0.39 is 11.9 Å². The van der Waals surface area contributed by atoms with Crippen LogP contribution in [0.3, 0.4) is 0 Å². The van der Waals surface area contributed by atoms with Crippen molar-refractivity contribution in [3.8, 4) is 5.75 Å². The van der Waals surface area contributed by atoms with Gasteiger partial charge in [0.25, 0.3) is 5.91 Å². The monoisotopic (exact) mass is 224 g/mol. The van der Waals surface area contributed by atoms with Crippen LogP contribution in [0, 0.1) is 0 Å².